The summed E-state index contributed by atoms with van der Waals surface area (Å²) >= 11 is 0. The van der Waals surface area contributed by atoms with Gasteiger partial charge in [0.1, 0.15) is 11.3 Å². The smallest absolute Gasteiger partial charge is 0.223 e. The number of hydrogen-bond acceptors (Lipinski definition) is 2. The largest absolute Gasteiger partial charge is 0.461 e. The highest BCUT2D eigenvalue weighted by Gasteiger charge is 2.30. The van der Waals surface area contributed by atoms with Crippen molar-refractivity contribution in [3.63, 3.8) is 0 Å². The molecule has 3 nitrogen and oxygen atoms in total. The van der Waals surface area contributed by atoms with Crippen LogP contribution >= 0.6 is 0 Å². The minimum atomic E-state index is 0.124. The Labute approximate surface area is 106 Å². The zero-order chi connectivity index (χ0) is 12.5. The third kappa shape index (κ3) is 2.40. The lowest BCUT2D eigenvalue weighted by atomic mass is 10.1. The summed E-state index contributed by atoms with van der Waals surface area (Å²) in [4.78, 5) is 11.6. The number of rotatable bonds is 4. The van der Waals surface area contributed by atoms with Crippen LogP contribution in [0.1, 0.15) is 25.5 Å². The van der Waals surface area contributed by atoms with Gasteiger partial charge in [0.05, 0.1) is 0 Å². The monoisotopic (exact) mass is 243 g/mol. The lowest BCUT2D eigenvalue weighted by Gasteiger charge is -2.11. The average Bonchev–Trinajstić information content (AvgIpc) is 3.10. The van der Waals surface area contributed by atoms with Gasteiger partial charge in [-0.25, -0.2) is 0 Å². The van der Waals surface area contributed by atoms with Gasteiger partial charge in [-0.15, -0.1) is 0 Å². The predicted octanol–water partition coefficient (Wildman–Crippen LogP) is 2.89. The molecule has 1 aliphatic carbocycles. The van der Waals surface area contributed by atoms with E-state index in [1.807, 2.05) is 31.2 Å². The van der Waals surface area contributed by atoms with E-state index < -0.39 is 0 Å². The van der Waals surface area contributed by atoms with Gasteiger partial charge in [0.15, 0.2) is 0 Å². The zero-order valence-corrected chi connectivity index (χ0v) is 10.5. The van der Waals surface area contributed by atoms with Gasteiger partial charge in [0.25, 0.3) is 0 Å². The summed E-state index contributed by atoms with van der Waals surface area (Å²) in [6.45, 7) is 2.02. The van der Waals surface area contributed by atoms with E-state index in [4.69, 9.17) is 4.42 Å². The minimum Gasteiger partial charge on any atom is -0.461 e. The molecule has 1 saturated carbocycles. The van der Waals surface area contributed by atoms with Crippen LogP contribution < -0.4 is 5.32 Å². The Morgan fingerprint density at radius 2 is 2.22 bits per heavy atom. The average molecular weight is 243 g/mol. The Kier molecular flexibility index (Phi) is 2.82. The minimum absolute atomic E-state index is 0.124. The summed E-state index contributed by atoms with van der Waals surface area (Å²) in [6.07, 6.45) is 2.83. The van der Waals surface area contributed by atoms with Crippen LogP contribution in [0.2, 0.25) is 0 Å². The first-order valence-electron chi connectivity index (χ1n) is 6.50. The number of fused-ring (bicyclic) bond motifs is 1. The first-order chi connectivity index (χ1) is 8.72. The molecular weight excluding hydrogens is 226 g/mol. The molecule has 0 spiro atoms. The summed E-state index contributed by atoms with van der Waals surface area (Å²) in [5.41, 5.74) is 0.910. The molecule has 1 aliphatic rings. The Balaban J connectivity index is 1.65. The number of nitrogens with one attached hydrogen (secondary N) is 1. The molecule has 0 bridgehead atoms. The standard InChI is InChI=1S/C15H17NO2/c1-10(16-15(17)11-6-7-11)8-13-9-12-4-2-3-5-14(12)18-13/h2-5,9-11H,6-8H2,1H3,(H,16,17)/t10-/m0/s1. The number of para-hydroxylation sites is 1. The molecule has 2 aromatic rings. The maximum atomic E-state index is 11.6. The van der Waals surface area contributed by atoms with E-state index in [1.54, 1.807) is 0 Å². The highest BCUT2D eigenvalue weighted by molar-refractivity contribution is 5.81. The van der Waals surface area contributed by atoms with Crippen LogP contribution in [0.4, 0.5) is 0 Å². The SMILES string of the molecule is C[C@@H](Cc1cc2ccccc2o1)NC(=O)C1CC1. The van der Waals surface area contributed by atoms with E-state index in [2.05, 4.69) is 11.4 Å². The quantitative estimate of drug-likeness (QED) is 0.897. The van der Waals surface area contributed by atoms with Crippen molar-refractivity contribution >= 4 is 16.9 Å². The van der Waals surface area contributed by atoms with Gasteiger partial charge in [-0.2, -0.15) is 0 Å². The number of furan rings is 1. The van der Waals surface area contributed by atoms with E-state index in [9.17, 15) is 4.79 Å². The van der Waals surface area contributed by atoms with Crippen LogP contribution in [0.3, 0.4) is 0 Å². The number of carbonyl (C=O) groups excluding carboxylic acids is 1. The van der Waals surface area contributed by atoms with Gasteiger partial charge >= 0.3 is 0 Å². The summed E-state index contributed by atoms with van der Waals surface area (Å²) in [7, 11) is 0. The fourth-order valence-electron chi connectivity index (χ4n) is 2.20. The van der Waals surface area contributed by atoms with Crippen LogP contribution in [-0.2, 0) is 11.2 Å². The normalized spacial score (nSPS) is 16.7. The van der Waals surface area contributed by atoms with Crippen LogP contribution in [0.15, 0.2) is 34.7 Å². The Bertz CT molecular complexity index is 536. The van der Waals surface area contributed by atoms with Crippen LogP contribution in [0, 0.1) is 5.92 Å². The van der Waals surface area contributed by atoms with E-state index in [0.29, 0.717) is 0 Å². The number of benzene rings is 1. The predicted molar refractivity (Wildman–Crippen MR) is 70.2 cm³/mol. The molecule has 94 valence electrons. The fraction of sp³-hybridized carbons (Fsp3) is 0.400. The summed E-state index contributed by atoms with van der Waals surface area (Å²) < 4.78 is 5.75. The Morgan fingerprint density at radius 1 is 1.44 bits per heavy atom. The maximum absolute atomic E-state index is 11.6. The second-order valence-electron chi connectivity index (χ2n) is 5.14. The molecule has 18 heavy (non-hydrogen) atoms. The Hall–Kier alpha value is -1.77. The topological polar surface area (TPSA) is 42.2 Å². The van der Waals surface area contributed by atoms with Crippen molar-refractivity contribution in [1.82, 2.24) is 5.32 Å². The molecule has 1 aromatic carbocycles. The second-order valence-corrected chi connectivity index (χ2v) is 5.14. The van der Waals surface area contributed by atoms with Crippen LogP contribution in [-0.4, -0.2) is 11.9 Å². The van der Waals surface area contributed by atoms with E-state index in [1.165, 1.54) is 0 Å². The highest BCUT2D eigenvalue weighted by Crippen LogP contribution is 2.29. The van der Waals surface area contributed by atoms with Crippen molar-refractivity contribution in [2.45, 2.75) is 32.2 Å². The van der Waals surface area contributed by atoms with E-state index >= 15 is 0 Å². The molecule has 1 amide bonds. The van der Waals surface area contributed by atoms with Gasteiger partial charge < -0.3 is 9.73 Å². The van der Waals surface area contributed by atoms with Crippen molar-refractivity contribution in [3.05, 3.63) is 36.1 Å². The molecule has 0 saturated heterocycles. The molecular formula is C15H17NO2. The van der Waals surface area contributed by atoms with Crippen molar-refractivity contribution in [3.8, 4) is 0 Å². The Morgan fingerprint density at radius 3 is 2.94 bits per heavy atom. The van der Waals surface area contributed by atoms with Crippen molar-refractivity contribution in [1.29, 1.82) is 0 Å². The molecule has 0 radical (unpaired) electrons. The molecule has 1 fully saturated rings. The fourth-order valence-corrected chi connectivity index (χ4v) is 2.20. The zero-order valence-electron chi connectivity index (χ0n) is 10.5. The second kappa shape index (κ2) is 4.48. The number of hydrogen-bond donors (Lipinski definition) is 1. The summed E-state index contributed by atoms with van der Waals surface area (Å²) in [6, 6.07) is 10.1. The third-order valence-electron chi connectivity index (χ3n) is 3.32. The lowest BCUT2D eigenvalue weighted by Crippen LogP contribution is -2.34. The van der Waals surface area contributed by atoms with Gasteiger partial charge in [-0.3, -0.25) is 4.79 Å². The molecule has 0 aliphatic heterocycles. The van der Waals surface area contributed by atoms with Gasteiger partial charge in [-0.05, 0) is 31.9 Å². The van der Waals surface area contributed by atoms with Gasteiger partial charge in [-0.1, -0.05) is 18.2 Å². The molecule has 0 unspecified atom stereocenters. The maximum Gasteiger partial charge on any atom is 0.223 e. The number of amides is 1. The first-order valence-corrected chi connectivity index (χ1v) is 6.50. The van der Waals surface area contributed by atoms with Crippen molar-refractivity contribution < 1.29 is 9.21 Å². The van der Waals surface area contributed by atoms with Crippen molar-refractivity contribution in [2.24, 2.45) is 5.92 Å². The molecule has 1 atom stereocenters. The molecule has 3 rings (SSSR count). The van der Waals surface area contributed by atoms with Crippen molar-refractivity contribution in [2.75, 3.05) is 0 Å². The molecule has 1 N–H and O–H groups in total. The molecule has 3 heteroatoms. The third-order valence-corrected chi connectivity index (χ3v) is 3.32. The molecule has 1 aromatic heterocycles. The summed E-state index contributed by atoms with van der Waals surface area (Å²) in [5.74, 6) is 1.39. The van der Waals surface area contributed by atoms with Gasteiger partial charge in [0.2, 0.25) is 5.91 Å². The summed E-state index contributed by atoms with van der Waals surface area (Å²) in [5, 5.41) is 4.15. The molecule has 1 heterocycles. The first kappa shape index (κ1) is 11.3. The lowest BCUT2D eigenvalue weighted by molar-refractivity contribution is -0.122. The highest BCUT2D eigenvalue weighted by atomic mass is 16.3. The number of carbonyl (C=O) groups is 1. The van der Waals surface area contributed by atoms with E-state index in [-0.39, 0.29) is 17.9 Å². The van der Waals surface area contributed by atoms with Gasteiger partial charge in [0, 0.05) is 23.8 Å². The van der Waals surface area contributed by atoms with E-state index in [0.717, 1.165) is 36.0 Å². The van der Waals surface area contributed by atoms with Crippen LogP contribution in [0.5, 0.6) is 0 Å². The van der Waals surface area contributed by atoms with Crippen LogP contribution in [0.25, 0.3) is 11.0 Å².